The first-order chi connectivity index (χ1) is 9.34. The number of nitrogens with zero attached hydrogens (tertiary/aromatic N) is 1. The van der Waals surface area contributed by atoms with Gasteiger partial charge in [0.2, 0.25) is 0 Å². The third-order valence-corrected chi connectivity index (χ3v) is 4.81. The van der Waals surface area contributed by atoms with Crippen LogP contribution >= 0.6 is 0 Å². The molecule has 1 aromatic rings. The molecule has 2 heteroatoms. The third-order valence-electron chi connectivity index (χ3n) is 4.81. The van der Waals surface area contributed by atoms with Gasteiger partial charge >= 0.3 is 0 Å². The van der Waals surface area contributed by atoms with E-state index in [2.05, 4.69) is 29.2 Å². The molecule has 1 aromatic carbocycles. The van der Waals surface area contributed by atoms with Crippen molar-refractivity contribution in [3.05, 3.63) is 29.8 Å². The molecule has 19 heavy (non-hydrogen) atoms. The summed E-state index contributed by atoms with van der Waals surface area (Å²) in [5, 5.41) is 10.5. The molecular weight excluding hydrogens is 234 g/mol. The summed E-state index contributed by atoms with van der Waals surface area (Å²) in [5.41, 5.74) is 2.82. The van der Waals surface area contributed by atoms with Gasteiger partial charge in [-0.1, -0.05) is 31.0 Å². The molecule has 3 rings (SSSR count). The van der Waals surface area contributed by atoms with Crippen LogP contribution in [0.15, 0.2) is 24.3 Å². The number of benzene rings is 1. The quantitative estimate of drug-likeness (QED) is 0.899. The molecule has 2 nitrogen and oxygen atoms in total. The molecule has 104 valence electrons. The largest absolute Gasteiger partial charge is 0.391 e. The zero-order chi connectivity index (χ0) is 13.1. The lowest BCUT2D eigenvalue weighted by Gasteiger charge is -2.29. The van der Waals surface area contributed by atoms with Crippen molar-refractivity contribution in [3.8, 4) is 0 Å². The number of para-hydroxylation sites is 1. The van der Waals surface area contributed by atoms with Gasteiger partial charge in [0.25, 0.3) is 0 Å². The molecule has 1 aliphatic heterocycles. The van der Waals surface area contributed by atoms with Gasteiger partial charge in [0.15, 0.2) is 0 Å². The molecule has 0 spiro atoms. The van der Waals surface area contributed by atoms with Gasteiger partial charge in [-0.3, -0.25) is 0 Å². The molecule has 1 fully saturated rings. The number of fused-ring (bicyclic) bond motifs is 1. The lowest BCUT2D eigenvalue weighted by molar-refractivity contribution is 0.116. The van der Waals surface area contributed by atoms with Crippen LogP contribution in [0.4, 0.5) is 5.69 Å². The van der Waals surface area contributed by atoms with E-state index in [1.54, 1.807) is 0 Å². The molecule has 1 saturated carbocycles. The minimum absolute atomic E-state index is 0.145. The van der Waals surface area contributed by atoms with E-state index in [0.29, 0.717) is 5.92 Å². The van der Waals surface area contributed by atoms with Crippen LogP contribution in [0, 0.1) is 5.92 Å². The Bertz CT molecular complexity index is 411. The minimum atomic E-state index is -0.145. The number of anilines is 1. The van der Waals surface area contributed by atoms with E-state index >= 15 is 0 Å². The first kappa shape index (κ1) is 13.0. The highest BCUT2D eigenvalue weighted by atomic mass is 16.3. The van der Waals surface area contributed by atoms with Crippen LogP contribution in [0.1, 0.15) is 44.1 Å². The number of β-amino-alcohol motifs (C(OH)–C–C–N with tert-alkyl or cyclic N) is 1. The van der Waals surface area contributed by atoms with Crippen molar-refractivity contribution >= 4 is 5.69 Å². The molecule has 0 radical (unpaired) electrons. The fraction of sp³-hybridized carbons (Fsp3) is 0.647. The van der Waals surface area contributed by atoms with Crippen molar-refractivity contribution in [1.82, 2.24) is 0 Å². The van der Waals surface area contributed by atoms with Crippen molar-refractivity contribution in [1.29, 1.82) is 0 Å². The number of aryl methyl sites for hydroxylation is 1. The van der Waals surface area contributed by atoms with Crippen molar-refractivity contribution in [2.45, 2.75) is 51.0 Å². The standard InChI is InChI=1S/C17H25NO/c19-17(15-9-1-2-10-15)13-18-12-6-5-8-14-7-3-4-11-16(14)18/h3-4,7,11,15,17,19H,1-2,5-6,8-10,12-13H2. The summed E-state index contributed by atoms with van der Waals surface area (Å²) in [7, 11) is 0. The van der Waals surface area contributed by atoms with Crippen LogP contribution in [0.2, 0.25) is 0 Å². The first-order valence-electron chi connectivity index (χ1n) is 7.85. The molecule has 2 aliphatic rings. The van der Waals surface area contributed by atoms with E-state index in [0.717, 1.165) is 13.1 Å². The van der Waals surface area contributed by atoms with Crippen LogP contribution in [0.25, 0.3) is 0 Å². The Morgan fingerprint density at radius 3 is 2.74 bits per heavy atom. The fourth-order valence-corrected chi connectivity index (χ4v) is 3.68. The topological polar surface area (TPSA) is 23.5 Å². The zero-order valence-electron chi connectivity index (χ0n) is 11.7. The Morgan fingerprint density at radius 1 is 1.11 bits per heavy atom. The molecule has 1 aliphatic carbocycles. The van der Waals surface area contributed by atoms with Crippen LogP contribution in [-0.4, -0.2) is 24.3 Å². The van der Waals surface area contributed by atoms with Gasteiger partial charge in [0.05, 0.1) is 6.10 Å². The van der Waals surface area contributed by atoms with Gasteiger partial charge in [-0.05, 0) is 49.7 Å². The molecule has 0 bridgehead atoms. The van der Waals surface area contributed by atoms with E-state index in [1.807, 2.05) is 0 Å². The molecule has 0 aromatic heterocycles. The van der Waals surface area contributed by atoms with Crippen molar-refractivity contribution in [3.63, 3.8) is 0 Å². The molecular formula is C17H25NO. The average molecular weight is 259 g/mol. The lowest BCUT2D eigenvalue weighted by Crippen LogP contribution is -2.36. The maximum atomic E-state index is 10.5. The highest BCUT2D eigenvalue weighted by molar-refractivity contribution is 5.54. The molecule has 1 N–H and O–H groups in total. The van der Waals surface area contributed by atoms with Crippen molar-refractivity contribution < 1.29 is 5.11 Å². The van der Waals surface area contributed by atoms with Gasteiger partial charge in [-0.15, -0.1) is 0 Å². The van der Waals surface area contributed by atoms with Gasteiger partial charge < -0.3 is 10.0 Å². The lowest BCUT2D eigenvalue weighted by atomic mass is 10.00. The van der Waals surface area contributed by atoms with E-state index in [1.165, 1.54) is 56.2 Å². The van der Waals surface area contributed by atoms with Gasteiger partial charge in [0, 0.05) is 18.8 Å². The Labute approximate surface area is 116 Å². The Hall–Kier alpha value is -1.02. The van der Waals surface area contributed by atoms with Crippen molar-refractivity contribution in [2.75, 3.05) is 18.0 Å². The normalized spacial score (nSPS) is 22.1. The monoisotopic (exact) mass is 259 g/mol. The molecule has 1 unspecified atom stereocenters. The third kappa shape index (κ3) is 2.94. The molecule has 1 atom stereocenters. The van der Waals surface area contributed by atoms with Crippen LogP contribution in [0.3, 0.4) is 0 Å². The fourth-order valence-electron chi connectivity index (χ4n) is 3.68. The summed E-state index contributed by atoms with van der Waals surface area (Å²) in [6.45, 7) is 1.92. The highest BCUT2D eigenvalue weighted by Gasteiger charge is 2.26. The summed E-state index contributed by atoms with van der Waals surface area (Å²) < 4.78 is 0. The van der Waals surface area contributed by atoms with Gasteiger partial charge in [0.1, 0.15) is 0 Å². The van der Waals surface area contributed by atoms with Gasteiger partial charge in [-0.25, -0.2) is 0 Å². The second-order valence-electron chi connectivity index (χ2n) is 6.14. The van der Waals surface area contributed by atoms with Crippen molar-refractivity contribution in [2.24, 2.45) is 5.92 Å². The summed E-state index contributed by atoms with van der Waals surface area (Å²) in [6, 6.07) is 8.73. The first-order valence-corrected chi connectivity index (χ1v) is 7.85. The maximum Gasteiger partial charge on any atom is 0.0743 e. The molecule has 1 heterocycles. The summed E-state index contributed by atoms with van der Waals surface area (Å²) >= 11 is 0. The predicted molar refractivity (Wildman–Crippen MR) is 79.6 cm³/mol. The number of hydrogen-bond acceptors (Lipinski definition) is 2. The number of rotatable bonds is 3. The SMILES string of the molecule is OC(CN1CCCCc2ccccc21)C1CCCC1. The Morgan fingerprint density at radius 2 is 1.89 bits per heavy atom. The second-order valence-corrected chi connectivity index (χ2v) is 6.14. The van der Waals surface area contributed by atoms with Crippen LogP contribution in [0.5, 0.6) is 0 Å². The van der Waals surface area contributed by atoms with Crippen LogP contribution in [-0.2, 0) is 6.42 Å². The summed E-state index contributed by atoms with van der Waals surface area (Å²) in [4.78, 5) is 2.42. The maximum absolute atomic E-state index is 10.5. The number of hydrogen-bond donors (Lipinski definition) is 1. The van der Waals surface area contributed by atoms with E-state index < -0.39 is 0 Å². The van der Waals surface area contributed by atoms with E-state index in [-0.39, 0.29) is 6.10 Å². The average Bonchev–Trinajstić information content (AvgIpc) is 2.90. The molecule has 0 amide bonds. The van der Waals surface area contributed by atoms with Gasteiger partial charge in [-0.2, -0.15) is 0 Å². The van der Waals surface area contributed by atoms with Crippen LogP contribution < -0.4 is 4.90 Å². The molecule has 0 saturated heterocycles. The van der Waals surface area contributed by atoms with E-state index in [9.17, 15) is 5.11 Å². The highest BCUT2D eigenvalue weighted by Crippen LogP contribution is 2.31. The summed E-state index contributed by atoms with van der Waals surface area (Å²) in [5.74, 6) is 0.537. The second kappa shape index (κ2) is 5.96. The zero-order valence-corrected chi connectivity index (χ0v) is 11.7. The Balaban J connectivity index is 1.72. The Kier molecular flexibility index (Phi) is 4.07. The number of aliphatic hydroxyl groups excluding tert-OH is 1. The predicted octanol–water partition coefficient (Wildman–Crippen LogP) is 3.38. The minimum Gasteiger partial charge on any atom is -0.391 e. The summed E-state index contributed by atoms with van der Waals surface area (Å²) in [6.07, 6.45) is 8.60. The number of aliphatic hydroxyl groups is 1. The smallest absolute Gasteiger partial charge is 0.0743 e. The van der Waals surface area contributed by atoms with E-state index in [4.69, 9.17) is 0 Å².